The van der Waals surface area contributed by atoms with Crippen LogP contribution in [-0.4, -0.2) is 15.5 Å². The normalized spacial score (nSPS) is 16.2. The van der Waals surface area contributed by atoms with Gasteiger partial charge in [-0.25, -0.2) is 4.98 Å². The van der Waals surface area contributed by atoms with Gasteiger partial charge in [-0.3, -0.25) is 9.59 Å². The van der Waals surface area contributed by atoms with Crippen LogP contribution in [0.4, 0.5) is 0 Å². The van der Waals surface area contributed by atoms with Crippen molar-refractivity contribution in [2.75, 3.05) is 0 Å². The molecule has 0 aliphatic heterocycles. The Hall–Kier alpha value is -1.99. The van der Waals surface area contributed by atoms with Crippen LogP contribution in [0.15, 0.2) is 28.6 Å². The highest BCUT2D eigenvalue weighted by atomic mass is 32.1. The highest BCUT2D eigenvalue weighted by Crippen LogP contribution is 2.38. The van der Waals surface area contributed by atoms with Crippen LogP contribution in [0, 0.1) is 12.8 Å². The first-order chi connectivity index (χ1) is 12.6. The van der Waals surface area contributed by atoms with Gasteiger partial charge in [0, 0.05) is 11.9 Å². The summed E-state index contributed by atoms with van der Waals surface area (Å²) in [4.78, 5) is 32.2. The van der Waals surface area contributed by atoms with Crippen LogP contribution in [0.5, 0.6) is 0 Å². The molecule has 0 aromatic carbocycles. The number of carbonyl (C=O) groups is 1. The molecule has 5 nitrogen and oxygen atoms in total. The Bertz CT molecular complexity index is 998. The first kappa shape index (κ1) is 17.4. The molecule has 4 rings (SSSR count). The largest absolute Gasteiger partial charge is 0.343 e. The molecule has 26 heavy (non-hydrogen) atoms. The van der Waals surface area contributed by atoms with Crippen LogP contribution in [0.25, 0.3) is 10.2 Å². The predicted octanol–water partition coefficient (Wildman–Crippen LogP) is 4.03. The second-order valence-electron chi connectivity index (χ2n) is 6.91. The summed E-state index contributed by atoms with van der Waals surface area (Å²) in [6, 6.07) is 4.18. The SMILES string of the molecule is Cc1c(C(=O)NC(c2cccs2)C2CCCC2)sc2ncn(C)c(=O)c12. The fourth-order valence-electron chi connectivity index (χ4n) is 3.81. The number of rotatable bonds is 4. The van der Waals surface area contributed by atoms with Crippen molar-refractivity contribution in [2.45, 2.75) is 38.6 Å². The van der Waals surface area contributed by atoms with Crippen LogP contribution >= 0.6 is 22.7 Å². The number of fused-ring (bicyclic) bond motifs is 1. The summed E-state index contributed by atoms with van der Waals surface area (Å²) in [6.45, 7) is 1.84. The van der Waals surface area contributed by atoms with Gasteiger partial charge in [0.05, 0.1) is 22.6 Å². The highest BCUT2D eigenvalue weighted by Gasteiger charge is 2.30. The molecular weight excluding hydrogens is 366 g/mol. The maximum Gasteiger partial charge on any atom is 0.262 e. The number of thiophene rings is 2. The lowest BCUT2D eigenvalue weighted by molar-refractivity contribution is 0.0926. The molecule has 136 valence electrons. The Labute approximate surface area is 159 Å². The molecule has 1 N–H and O–H groups in total. The van der Waals surface area contributed by atoms with Crippen molar-refractivity contribution in [3.05, 3.63) is 49.5 Å². The van der Waals surface area contributed by atoms with Gasteiger partial charge >= 0.3 is 0 Å². The smallest absolute Gasteiger partial charge is 0.262 e. The summed E-state index contributed by atoms with van der Waals surface area (Å²) in [6.07, 6.45) is 6.26. The highest BCUT2D eigenvalue weighted by molar-refractivity contribution is 7.20. The number of aromatic nitrogens is 2. The number of nitrogens with one attached hydrogen (secondary N) is 1. The zero-order chi connectivity index (χ0) is 18.3. The van der Waals surface area contributed by atoms with Crippen molar-refractivity contribution in [1.29, 1.82) is 0 Å². The van der Waals surface area contributed by atoms with E-state index in [9.17, 15) is 9.59 Å². The van der Waals surface area contributed by atoms with Gasteiger partial charge in [0.25, 0.3) is 11.5 Å². The predicted molar refractivity (Wildman–Crippen MR) is 106 cm³/mol. The second kappa shape index (κ2) is 6.96. The summed E-state index contributed by atoms with van der Waals surface area (Å²) in [7, 11) is 1.68. The van der Waals surface area contributed by atoms with Gasteiger partial charge in [0.15, 0.2) is 0 Å². The standard InChI is InChI=1S/C19H21N3O2S2/c1-11-14-18(20-10-22(2)19(14)24)26-16(11)17(23)21-15(12-6-3-4-7-12)13-8-5-9-25-13/h5,8-10,12,15H,3-4,6-7H2,1-2H3,(H,21,23). The minimum absolute atomic E-state index is 0.0467. The maximum atomic E-state index is 13.1. The zero-order valence-corrected chi connectivity index (χ0v) is 16.5. The van der Waals surface area contributed by atoms with Crippen molar-refractivity contribution >= 4 is 38.8 Å². The van der Waals surface area contributed by atoms with Gasteiger partial charge in [-0.05, 0) is 42.7 Å². The molecule has 1 amide bonds. The van der Waals surface area contributed by atoms with Gasteiger partial charge in [-0.2, -0.15) is 0 Å². The minimum atomic E-state index is -0.103. The zero-order valence-electron chi connectivity index (χ0n) is 14.8. The Balaban J connectivity index is 1.68. The molecule has 0 spiro atoms. The topological polar surface area (TPSA) is 64.0 Å². The van der Waals surface area contributed by atoms with E-state index in [4.69, 9.17) is 0 Å². The second-order valence-corrected chi connectivity index (χ2v) is 8.89. The molecule has 3 aromatic rings. The van der Waals surface area contributed by atoms with E-state index in [-0.39, 0.29) is 17.5 Å². The van der Waals surface area contributed by atoms with E-state index in [1.165, 1.54) is 39.9 Å². The summed E-state index contributed by atoms with van der Waals surface area (Å²) in [5.41, 5.74) is 0.626. The van der Waals surface area contributed by atoms with E-state index in [0.29, 0.717) is 21.0 Å². The van der Waals surface area contributed by atoms with E-state index >= 15 is 0 Å². The van der Waals surface area contributed by atoms with Gasteiger partial charge in [0.1, 0.15) is 4.83 Å². The van der Waals surface area contributed by atoms with E-state index in [2.05, 4.69) is 21.7 Å². The van der Waals surface area contributed by atoms with Crippen LogP contribution in [0.1, 0.15) is 51.8 Å². The summed E-state index contributed by atoms with van der Waals surface area (Å²) >= 11 is 3.00. The van der Waals surface area contributed by atoms with Crippen LogP contribution in [0.3, 0.4) is 0 Å². The van der Waals surface area contributed by atoms with Crippen LogP contribution < -0.4 is 10.9 Å². The lowest BCUT2D eigenvalue weighted by Crippen LogP contribution is -2.32. The van der Waals surface area contributed by atoms with E-state index in [1.54, 1.807) is 18.4 Å². The number of amides is 1. The van der Waals surface area contributed by atoms with Crippen molar-refractivity contribution < 1.29 is 4.79 Å². The first-order valence-corrected chi connectivity index (χ1v) is 10.5. The molecule has 0 saturated heterocycles. The Morgan fingerprint density at radius 2 is 2.15 bits per heavy atom. The average molecular weight is 388 g/mol. The Morgan fingerprint density at radius 1 is 1.38 bits per heavy atom. The van der Waals surface area contributed by atoms with Gasteiger partial charge in [-0.1, -0.05) is 18.9 Å². The van der Waals surface area contributed by atoms with Crippen molar-refractivity contribution in [3.63, 3.8) is 0 Å². The van der Waals surface area contributed by atoms with E-state index in [1.807, 2.05) is 13.0 Å². The molecule has 1 aliphatic rings. The summed E-state index contributed by atoms with van der Waals surface area (Å²) in [5, 5.41) is 5.87. The lowest BCUT2D eigenvalue weighted by atomic mass is 9.96. The molecule has 1 aliphatic carbocycles. The summed E-state index contributed by atoms with van der Waals surface area (Å²) < 4.78 is 1.46. The molecule has 3 heterocycles. The molecule has 0 bridgehead atoms. The van der Waals surface area contributed by atoms with E-state index in [0.717, 1.165) is 18.4 Å². The molecule has 3 aromatic heterocycles. The number of carbonyl (C=O) groups excluding carboxylic acids is 1. The van der Waals surface area contributed by atoms with Crippen molar-refractivity contribution in [1.82, 2.24) is 14.9 Å². The fraction of sp³-hybridized carbons (Fsp3) is 0.421. The summed E-state index contributed by atoms with van der Waals surface area (Å²) in [5.74, 6) is 0.385. The van der Waals surface area contributed by atoms with Crippen molar-refractivity contribution in [3.8, 4) is 0 Å². The Morgan fingerprint density at radius 3 is 2.85 bits per heavy atom. The molecule has 7 heteroatoms. The molecule has 1 unspecified atom stereocenters. The third-order valence-corrected chi connectivity index (χ3v) is 7.38. The number of aryl methyl sites for hydroxylation is 2. The van der Waals surface area contributed by atoms with Crippen molar-refractivity contribution in [2.24, 2.45) is 13.0 Å². The first-order valence-electron chi connectivity index (χ1n) is 8.85. The Kier molecular flexibility index (Phi) is 4.67. The third-order valence-electron chi connectivity index (χ3n) is 5.22. The van der Waals surface area contributed by atoms with Gasteiger partial charge in [-0.15, -0.1) is 22.7 Å². The van der Waals surface area contributed by atoms with E-state index < -0.39 is 0 Å². The number of hydrogen-bond acceptors (Lipinski definition) is 5. The minimum Gasteiger partial charge on any atom is -0.343 e. The molecule has 0 radical (unpaired) electrons. The fourth-order valence-corrected chi connectivity index (χ4v) is 5.72. The quantitative estimate of drug-likeness (QED) is 0.735. The van der Waals surface area contributed by atoms with Crippen LogP contribution in [-0.2, 0) is 7.05 Å². The van der Waals surface area contributed by atoms with Crippen LogP contribution in [0.2, 0.25) is 0 Å². The van der Waals surface area contributed by atoms with Gasteiger partial charge < -0.3 is 9.88 Å². The molecular formula is C19H21N3O2S2. The molecule has 1 atom stereocenters. The van der Waals surface area contributed by atoms with Gasteiger partial charge in [0.2, 0.25) is 0 Å². The number of nitrogens with zero attached hydrogens (tertiary/aromatic N) is 2. The third kappa shape index (κ3) is 2.99. The monoisotopic (exact) mass is 387 g/mol. The maximum absolute atomic E-state index is 13.1. The average Bonchev–Trinajstić information content (AvgIpc) is 3.37. The lowest BCUT2D eigenvalue weighted by Gasteiger charge is -2.23. The number of hydrogen-bond donors (Lipinski definition) is 1. The molecule has 1 fully saturated rings. The molecule has 1 saturated carbocycles.